The summed E-state index contributed by atoms with van der Waals surface area (Å²) in [6, 6.07) is 13.5. The molecular formula is C18H14Cl2O3. The molecule has 118 valence electrons. The van der Waals surface area contributed by atoms with Crippen LogP contribution in [0.5, 0.6) is 0 Å². The second kappa shape index (κ2) is 7.95. The molecule has 0 spiro atoms. The lowest BCUT2D eigenvalue weighted by Crippen LogP contribution is -2.23. The third-order valence-electron chi connectivity index (χ3n) is 3.10. The highest BCUT2D eigenvalue weighted by Crippen LogP contribution is 2.16. The van der Waals surface area contributed by atoms with E-state index in [9.17, 15) is 9.59 Å². The smallest absolute Gasteiger partial charge is 0.331 e. The lowest BCUT2D eigenvalue weighted by Gasteiger charge is -2.10. The summed E-state index contributed by atoms with van der Waals surface area (Å²) in [7, 11) is 0. The molecule has 0 unspecified atom stereocenters. The average molecular weight is 349 g/mol. The summed E-state index contributed by atoms with van der Waals surface area (Å²) >= 11 is 11.8. The number of carbonyl (C=O) groups is 2. The number of ether oxygens (including phenoxy) is 1. The summed E-state index contributed by atoms with van der Waals surface area (Å²) in [4.78, 5) is 24.0. The summed E-state index contributed by atoms with van der Waals surface area (Å²) in [6.45, 7) is 1.53. The van der Waals surface area contributed by atoms with Gasteiger partial charge in [-0.25, -0.2) is 4.79 Å². The lowest BCUT2D eigenvalue weighted by molar-refractivity contribution is -0.140. The Labute approximate surface area is 144 Å². The van der Waals surface area contributed by atoms with Crippen LogP contribution in [-0.2, 0) is 9.53 Å². The van der Waals surface area contributed by atoms with E-state index in [4.69, 9.17) is 27.9 Å². The first-order valence-corrected chi connectivity index (χ1v) is 7.66. The van der Waals surface area contributed by atoms with Crippen molar-refractivity contribution in [3.63, 3.8) is 0 Å². The van der Waals surface area contributed by atoms with Crippen LogP contribution < -0.4 is 0 Å². The molecule has 2 aromatic carbocycles. The SMILES string of the molecule is C[C@@H](OC(=O)/C=C/c1ccccc1Cl)C(=O)c1ccc(Cl)cc1. The van der Waals surface area contributed by atoms with Crippen molar-refractivity contribution in [3.05, 3.63) is 75.8 Å². The zero-order valence-electron chi connectivity index (χ0n) is 12.3. The molecule has 0 fully saturated rings. The molecule has 0 aliphatic heterocycles. The normalized spacial score (nSPS) is 12.1. The minimum Gasteiger partial charge on any atom is -0.451 e. The Hall–Kier alpha value is -2.10. The van der Waals surface area contributed by atoms with Crippen molar-refractivity contribution < 1.29 is 14.3 Å². The van der Waals surface area contributed by atoms with E-state index < -0.39 is 12.1 Å². The topological polar surface area (TPSA) is 43.4 Å². The number of carbonyl (C=O) groups excluding carboxylic acids is 2. The first-order chi connectivity index (χ1) is 11.0. The molecule has 23 heavy (non-hydrogen) atoms. The molecule has 0 N–H and O–H groups in total. The van der Waals surface area contributed by atoms with Crippen LogP contribution in [0.4, 0.5) is 0 Å². The number of rotatable bonds is 5. The maximum absolute atomic E-state index is 12.2. The van der Waals surface area contributed by atoms with Crippen LogP contribution in [0.1, 0.15) is 22.8 Å². The summed E-state index contributed by atoms with van der Waals surface area (Å²) in [6.07, 6.45) is 1.90. The largest absolute Gasteiger partial charge is 0.451 e. The van der Waals surface area contributed by atoms with Gasteiger partial charge in [-0.3, -0.25) is 4.79 Å². The van der Waals surface area contributed by atoms with Gasteiger partial charge >= 0.3 is 5.97 Å². The maximum atomic E-state index is 12.2. The van der Waals surface area contributed by atoms with Crippen LogP contribution in [0.25, 0.3) is 6.08 Å². The van der Waals surface area contributed by atoms with Crippen molar-refractivity contribution in [2.75, 3.05) is 0 Å². The van der Waals surface area contributed by atoms with Crippen LogP contribution in [0.3, 0.4) is 0 Å². The second-order valence-corrected chi connectivity index (χ2v) is 5.65. The van der Waals surface area contributed by atoms with E-state index in [2.05, 4.69) is 0 Å². The predicted octanol–water partition coefficient (Wildman–Crippen LogP) is 4.82. The van der Waals surface area contributed by atoms with Gasteiger partial charge in [0.05, 0.1) is 0 Å². The third-order valence-corrected chi connectivity index (χ3v) is 3.69. The standard InChI is InChI=1S/C18H14Cl2O3/c1-12(18(22)14-6-9-15(19)10-7-14)23-17(21)11-8-13-4-2-3-5-16(13)20/h2-12H,1H3/b11-8+/t12-/m1/s1. The van der Waals surface area contributed by atoms with Crippen molar-refractivity contribution in [1.82, 2.24) is 0 Å². The fraction of sp³-hybridized carbons (Fsp3) is 0.111. The Morgan fingerprint density at radius 1 is 1.04 bits per heavy atom. The molecule has 0 radical (unpaired) electrons. The van der Waals surface area contributed by atoms with Crippen molar-refractivity contribution in [2.45, 2.75) is 13.0 Å². The zero-order valence-corrected chi connectivity index (χ0v) is 13.8. The Kier molecular flexibility index (Phi) is 5.97. The summed E-state index contributed by atoms with van der Waals surface area (Å²) in [5.41, 5.74) is 1.13. The number of ketones is 1. The van der Waals surface area contributed by atoms with E-state index >= 15 is 0 Å². The number of halogens is 2. The molecule has 0 aromatic heterocycles. The highest BCUT2D eigenvalue weighted by atomic mass is 35.5. The molecule has 0 heterocycles. The molecule has 1 atom stereocenters. The van der Waals surface area contributed by atoms with Gasteiger partial charge in [0.15, 0.2) is 6.10 Å². The molecular weight excluding hydrogens is 335 g/mol. The Morgan fingerprint density at radius 3 is 2.35 bits per heavy atom. The van der Waals surface area contributed by atoms with Gasteiger partial charge < -0.3 is 4.74 Å². The molecule has 3 nitrogen and oxygen atoms in total. The van der Waals surface area contributed by atoms with Gasteiger partial charge in [-0.1, -0.05) is 41.4 Å². The second-order valence-electron chi connectivity index (χ2n) is 4.81. The van der Waals surface area contributed by atoms with E-state index in [-0.39, 0.29) is 5.78 Å². The zero-order chi connectivity index (χ0) is 16.8. The first-order valence-electron chi connectivity index (χ1n) is 6.90. The maximum Gasteiger partial charge on any atom is 0.331 e. The quantitative estimate of drug-likeness (QED) is 0.442. The molecule has 0 amide bonds. The number of Topliss-reactive ketones (excluding diaryl/α,β-unsaturated/α-hetero) is 1. The van der Waals surface area contributed by atoms with Crippen molar-refractivity contribution in [3.8, 4) is 0 Å². The number of benzene rings is 2. The molecule has 5 heteroatoms. The predicted molar refractivity (Wildman–Crippen MR) is 91.8 cm³/mol. The number of esters is 1. The van der Waals surface area contributed by atoms with Gasteiger partial charge in [0.2, 0.25) is 5.78 Å². The van der Waals surface area contributed by atoms with Crippen molar-refractivity contribution in [1.29, 1.82) is 0 Å². The monoisotopic (exact) mass is 348 g/mol. The summed E-state index contributed by atoms with van der Waals surface area (Å²) in [5.74, 6) is -0.902. The van der Waals surface area contributed by atoms with Gasteiger partial charge in [0.1, 0.15) is 0 Å². The highest BCUT2D eigenvalue weighted by molar-refractivity contribution is 6.32. The lowest BCUT2D eigenvalue weighted by atomic mass is 10.1. The Bertz CT molecular complexity index is 736. The van der Waals surface area contributed by atoms with Crippen molar-refractivity contribution in [2.24, 2.45) is 0 Å². The van der Waals surface area contributed by atoms with Gasteiger partial charge in [-0.15, -0.1) is 0 Å². The van der Waals surface area contributed by atoms with Crippen molar-refractivity contribution >= 4 is 41.0 Å². The number of hydrogen-bond acceptors (Lipinski definition) is 3. The summed E-state index contributed by atoms with van der Waals surface area (Å²) < 4.78 is 5.11. The molecule has 2 rings (SSSR count). The molecule has 0 aliphatic carbocycles. The molecule has 0 saturated heterocycles. The average Bonchev–Trinajstić information content (AvgIpc) is 2.54. The Balaban J connectivity index is 1.98. The summed E-state index contributed by atoms with van der Waals surface area (Å²) in [5, 5.41) is 1.07. The van der Waals surface area contributed by atoms with E-state index in [0.29, 0.717) is 21.2 Å². The van der Waals surface area contributed by atoms with E-state index in [1.54, 1.807) is 48.5 Å². The molecule has 0 aliphatic rings. The van der Waals surface area contributed by atoms with E-state index in [1.807, 2.05) is 6.07 Å². The van der Waals surface area contributed by atoms with E-state index in [0.717, 1.165) is 0 Å². The fourth-order valence-corrected chi connectivity index (χ4v) is 2.21. The van der Waals surface area contributed by atoms with Gasteiger partial charge in [-0.05, 0) is 48.9 Å². The third kappa shape index (κ3) is 4.95. The highest BCUT2D eigenvalue weighted by Gasteiger charge is 2.18. The number of hydrogen-bond donors (Lipinski definition) is 0. The van der Waals surface area contributed by atoms with Crippen LogP contribution in [0.2, 0.25) is 10.0 Å². The molecule has 0 saturated carbocycles. The molecule has 0 bridgehead atoms. The van der Waals surface area contributed by atoms with Gasteiger partial charge in [-0.2, -0.15) is 0 Å². The minimum absolute atomic E-state index is 0.291. The van der Waals surface area contributed by atoms with Gasteiger partial charge in [0, 0.05) is 21.7 Å². The van der Waals surface area contributed by atoms with E-state index in [1.165, 1.54) is 13.0 Å². The minimum atomic E-state index is -0.889. The molecule has 2 aromatic rings. The van der Waals surface area contributed by atoms with Gasteiger partial charge in [0.25, 0.3) is 0 Å². The van der Waals surface area contributed by atoms with Crippen LogP contribution >= 0.6 is 23.2 Å². The van der Waals surface area contributed by atoms with Crippen LogP contribution in [0, 0.1) is 0 Å². The first kappa shape index (κ1) is 17.3. The Morgan fingerprint density at radius 2 is 1.70 bits per heavy atom. The fourth-order valence-electron chi connectivity index (χ4n) is 1.88. The van der Waals surface area contributed by atoms with Crippen LogP contribution in [0.15, 0.2) is 54.6 Å². The van der Waals surface area contributed by atoms with Crippen LogP contribution in [-0.4, -0.2) is 17.9 Å².